The molecule has 0 unspecified atom stereocenters. The summed E-state index contributed by atoms with van der Waals surface area (Å²) < 4.78 is 0. The molecule has 1 aromatic rings. The molecule has 0 spiro atoms. The van der Waals surface area contributed by atoms with Gasteiger partial charge in [-0.1, -0.05) is 26.8 Å². The van der Waals surface area contributed by atoms with Crippen LogP contribution in [0.5, 0.6) is 5.75 Å². The second-order valence-electron chi connectivity index (χ2n) is 4.82. The first kappa shape index (κ1) is 12.8. The van der Waals surface area contributed by atoms with Crippen molar-refractivity contribution in [3.63, 3.8) is 0 Å². The van der Waals surface area contributed by atoms with Gasteiger partial charge < -0.3 is 5.11 Å². The van der Waals surface area contributed by atoms with E-state index < -0.39 is 0 Å². The van der Waals surface area contributed by atoms with Gasteiger partial charge in [0.15, 0.2) is 0 Å². The van der Waals surface area contributed by atoms with E-state index >= 15 is 0 Å². The average molecular weight is 242 g/mol. The molecule has 0 saturated carbocycles. The van der Waals surface area contributed by atoms with E-state index in [-0.39, 0.29) is 5.41 Å². The quantitative estimate of drug-likeness (QED) is 0.641. The molecule has 0 aliphatic heterocycles. The molecular formula is C12H18OS2. The number of hydrogen-bond donors (Lipinski definition) is 3. The Labute approximate surface area is 103 Å². The third-order valence-electron chi connectivity index (χ3n) is 2.57. The van der Waals surface area contributed by atoms with Gasteiger partial charge in [0.05, 0.1) is 4.90 Å². The van der Waals surface area contributed by atoms with Crippen molar-refractivity contribution in [3.05, 3.63) is 22.8 Å². The van der Waals surface area contributed by atoms with Crippen molar-refractivity contribution in [1.82, 2.24) is 0 Å². The first-order chi connectivity index (χ1) is 6.79. The maximum atomic E-state index is 10.1. The van der Waals surface area contributed by atoms with Gasteiger partial charge in [-0.25, -0.2) is 0 Å². The molecule has 1 nitrogen and oxygen atoms in total. The van der Waals surface area contributed by atoms with Gasteiger partial charge in [0, 0.05) is 11.3 Å². The van der Waals surface area contributed by atoms with Crippen LogP contribution in [0.2, 0.25) is 0 Å². The third-order valence-corrected chi connectivity index (χ3v) is 3.37. The zero-order valence-corrected chi connectivity index (χ0v) is 11.4. The van der Waals surface area contributed by atoms with Gasteiger partial charge in [-0.3, -0.25) is 0 Å². The average Bonchev–Trinajstić information content (AvgIpc) is 2.10. The first-order valence-electron chi connectivity index (χ1n) is 4.94. The van der Waals surface area contributed by atoms with Crippen LogP contribution in [0.4, 0.5) is 0 Å². The summed E-state index contributed by atoms with van der Waals surface area (Å²) >= 11 is 8.61. The topological polar surface area (TPSA) is 20.2 Å². The molecule has 15 heavy (non-hydrogen) atoms. The number of benzene rings is 1. The molecule has 1 N–H and O–H groups in total. The zero-order valence-electron chi connectivity index (χ0n) is 9.63. The fourth-order valence-corrected chi connectivity index (χ4v) is 2.51. The Bertz CT molecular complexity index is 378. The zero-order chi connectivity index (χ0) is 11.8. The van der Waals surface area contributed by atoms with Crippen molar-refractivity contribution in [3.8, 4) is 5.75 Å². The van der Waals surface area contributed by atoms with E-state index in [4.69, 9.17) is 0 Å². The van der Waals surface area contributed by atoms with Crippen LogP contribution >= 0.6 is 25.3 Å². The molecule has 3 heteroatoms. The van der Waals surface area contributed by atoms with E-state index in [2.05, 4.69) is 46.0 Å². The maximum Gasteiger partial charge on any atom is 0.132 e. The summed E-state index contributed by atoms with van der Waals surface area (Å²) in [5.74, 6) is 0.892. The fraction of sp³-hybridized carbons (Fsp3) is 0.500. The number of hydrogen-bond acceptors (Lipinski definition) is 3. The highest BCUT2D eigenvalue weighted by Crippen LogP contribution is 2.38. The van der Waals surface area contributed by atoms with Crippen LogP contribution in [0.15, 0.2) is 11.0 Å². The normalized spacial score (nSPS) is 11.9. The Morgan fingerprint density at radius 2 is 1.87 bits per heavy atom. The van der Waals surface area contributed by atoms with E-state index in [1.54, 1.807) is 0 Å². The summed E-state index contributed by atoms with van der Waals surface area (Å²) in [6.07, 6.45) is 0. The monoisotopic (exact) mass is 242 g/mol. The van der Waals surface area contributed by atoms with E-state index in [9.17, 15) is 5.11 Å². The first-order valence-corrected chi connectivity index (χ1v) is 6.02. The lowest BCUT2D eigenvalue weighted by molar-refractivity contribution is 0.433. The molecule has 0 amide bonds. The van der Waals surface area contributed by atoms with Crippen LogP contribution in [0.3, 0.4) is 0 Å². The van der Waals surface area contributed by atoms with Gasteiger partial charge >= 0.3 is 0 Å². The molecular weight excluding hydrogens is 224 g/mol. The van der Waals surface area contributed by atoms with Crippen molar-refractivity contribution in [2.24, 2.45) is 0 Å². The molecule has 0 aromatic heterocycles. The Kier molecular flexibility index (Phi) is 3.67. The Balaban J connectivity index is 3.48. The second-order valence-corrected chi connectivity index (χ2v) is 5.59. The minimum absolute atomic E-state index is 0.0680. The summed E-state index contributed by atoms with van der Waals surface area (Å²) in [7, 11) is 0. The highest BCUT2D eigenvalue weighted by Gasteiger charge is 2.21. The molecule has 0 atom stereocenters. The maximum absolute atomic E-state index is 10.1. The van der Waals surface area contributed by atoms with Crippen LogP contribution in [0.25, 0.3) is 0 Å². The molecule has 84 valence electrons. The van der Waals surface area contributed by atoms with Gasteiger partial charge in [0.1, 0.15) is 5.75 Å². The lowest BCUT2D eigenvalue weighted by atomic mass is 9.84. The molecule has 0 heterocycles. The molecule has 0 radical (unpaired) electrons. The SMILES string of the molecule is Cc1cc(C(C)(C)C)c(O)c(S)c1CS. The molecule has 1 aromatic carbocycles. The van der Waals surface area contributed by atoms with Crippen LogP contribution in [-0.2, 0) is 11.2 Å². The molecule has 0 aliphatic carbocycles. The molecule has 0 bridgehead atoms. The summed E-state index contributed by atoms with van der Waals surface area (Å²) in [5, 5.41) is 10.1. The number of thiol groups is 2. The fourth-order valence-electron chi connectivity index (χ4n) is 1.60. The highest BCUT2D eigenvalue weighted by molar-refractivity contribution is 7.81. The van der Waals surface area contributed by atoms with Crippen molar-refractivity contribution < 1.29 is 5.11 Å². The van der Waals surface area contributed by atoms with E-state index in [1.165, 1.54) is 0 Å². The van der Waals surface area contributed by atoms with Gasteiger partial charge in [0.25, 0.3) is 0 Å². The Hall–Kier alpha value is -0.280. The van der Waals surface area contributed by atoms with Crippen LogP contribution < -0.4 is 0 Å². The van der Waals surface area contributed by atoms with Gasteiger partial charge in [-0.05, 0) is 23.5 Å². The molecule has 0 saturated heterocycles. The van der Waals surface area contributed by atoms with Crippen LogP contribution in [0.1, 0.15) is 37.5 Å². The molecule has 0 aliphatic rings. The van der Waals surface area contributed by atoms with Crippen molar-refractivity contribution in [1.29, 1.82) is 0 Å². The predicted octanol–water partition coefficient (Wildman–Crippen LogP) is 3.72. The third kappa shape index (κ3) is 2.45. The summed E-state index contributed by atoms with van der Waals surface area (Å²) in [5.41, 5.74) is 3.02. The van der Waals surface area contributed by atoms with Crippen LogP contribution in [-0.4, -0.2) is 5.11 Å². The minimum atomic E-state index is -0.0680. The van der Waals surface area contributed by atoms with Gasteiger partial charge in [-0.15, -0.1) is 12.6 Å². The standard InChI is InChI=1S/C12H18OS2/c1-7-5-9(12(2,3)4)10(13)11(15)8(7)6-14/h5,13-15H,6H2,1-4H3. The number of rotatable bonds is 1. The van der Waals surface area contributed by atoms with E-state index in [0.29, 0.717) is 16.4 Å². The lowest BCUT2D eigenvalue weighted by Crippen LogP contribution is -2.12. The summed E-state index contributed by atoms with van der Waals surface area (Å²) in [4.78, 5) is 0.662. The van der Waals surface area contributed by atoms with Crippen LogP contribution in [0, 0.1) is 6.92 Å². The van der Waals surface area contributed by atoms with Crippen molar-refractivity contribution in [2.75, 3.05) is 0 Å². The molecule has 0 fully saturated rings. The molecule has 1 rings (SSSR count). The van der Waals surface area contributed by atoms with Crippen molar-refractivity contribution >= 4 is 25.3 Å². The highest BCUT2D eigenvalue weighted by atomic mass is 32.1. The number of aryl methyl sites for hydroxylation is 1. The van der Waals surface area contributed by atoms with E-state index in [0.717, 1.165) is 16.7 Å². The lowest BCUT2D eigenvalue weighted by Gasteiger charge is -2.23. The van der Waals surface area contributed by atoms with Gasteiger partial charge in [-0.2, -0.15) is 12.6 Å². The summed E-state index contributed by atoms with van der Waals surface area (Å²) in [6, 6.07) is 2.03. The summed E-state index contributed by atoms with van der Waals surface area (Å²) in [6.45, 7) is 8.26. The number of aromatic hydroxyl groups is 1. The van der Waals surface area contributed by atoms with Crippen molar-refractivity contribution in [2.45, 2.75) is 43.8 Å². The Morgan fingerprint density at radius 3 is 2.27 bits per heavy atom. The number of phenolic OH excluding ortho intramolecular Hbond substituents is 1. The predicted molar refractivity (Wildman–Crippen MR) is 71.5 cm³/mol. The Morgan fingerprint density at radius 1 is 1.33 bits per heavy atom. The number of phenols is 1. The van der Waals surface area contributed by atoms with E-state index in [1.807, 2.05) is 13.0 Å². The minimum Gasteiger partial charge on any atom is -0.506 e. The second kappa shape index (κ2) is 4.30. The largest absolute Gasteiger partial charge is 0.506 e. The van der Waals surface area contributed by atoms with Gasteiger partial charge in [0.2, 0.25) is 0 Å². The smallest absolute Gasteiger partial charge is 0.132 e.